The lowest BCUT2D eigenvalue weighted by atomic mass is 10.1. The Morgan fingerprint density at radius 2 is 2.21 bits per heavy atom. The summed E-state index contributed by atoms with van der Waals surface area (Å²) in [7, 11) is 1.40. The molecule has 0 aliphatic carbocycles. The third kappa shape index (κ3) is 1.64. The second kappa shape index (κ2) is 4.01. The third-order valence-corrected chi connectivity index (χ3v) is 1.86. The highest BCUT2D eigenvalue weighted by Crippen LogP contribution is 2.27. The van der Waals surface area contributed by atoms with Crippen molar-refractivity contribution in [3.63, 3.8) is 0 Å². The van der Waals surface area contributed by atoms with Crippen LogP contribution in [0.2, 0.25) is 0 Å². The second-order valence-electron chi connectivity index (χ2n) is 2.62. The molecule has 14 heavy (non-hydrogen) atoms. The van der Waals surface area contributed by atoms with Gasteiger partial charge in [-0.1, -0.05) is 0 Å². The van der Waals surface area contributed by atoms with Crippen molar-refractivity contribution in [1.82, 2.24) is 4.98 Å². The van der Waals surface area contributed by atoms with Crippen LogP contribution >= 0.6 is 0 Å². The van der Waals surface area contributed by atoms with Gasteiger partial charge in [0.05, 0.1) is 18.9 Å². The van der Waals surface area contributed by atoms with Crippen LogP contribution in [0, 0.1) is 18.3 Å². The Balaban J connectivity index is 3.38. The Morgan fingerprint density at radius 1 is 1.57 bits per heavy atom. The molecule has 1 aromatic heterocycles. The summed E-state index contributed by atoms with van der Waals surface area (Å²) in [6.07, 6.45) is -1.55. The van der Waals surface area contributed by atoms with Crippen molar-refractivity contribution < 1.29 is 13.5 Å². The SMILES string of the molecule is COc1cnc(C(F)F)c(C#N)c1C. The molecule has 0 aliphatic heterocycles. The Morgan fingerprint density at radius 3 is 2.64 bits per heavy atom. The van der Waals surface area contributed by atoms with Crippen LogP contribution in [0.15, 0.2) is 6.20 Å². The normalized spacial score (nSPS) is 10.0. The van der Waals surface area contributed by atoms with Gasteiger partial charge in [-0.2, -0.15) is 5.26 Å². The number of alkyl halides is 2. The van der Waals surface area contributed by atoms with Crippen LogP contribution in [0.5, 0.6) is 5.75 Å². The summed E-state index contributed by atoms with van der Waals surface area (Å²) in [6.45, 7) is 1.55. The van der Waals surface area contributed by atoms with Crippen LogP contribution in [0.1, 0.15) is 23.2 Å². The molecule has 74 valence electrons. The first-order valence-corrected chi connectivity index (χ1v) is 3.83. The Bertz CT molecular complexity index is 385. The maximum Gasteiger partial charge on any atom is 0.281 e. The number of hydrogen-bond acceptors (Lipinski definition) is 3. The van der Waals surface area contributed by atoms with Gasteiger partial charge in [0.25, 0.3) is 6.43 Å². The highest BCUT2D eigenvalue weighted by atomic mass is 19.3. The summed E-state index contributed by atoms with van der Waals surface area (Å²) in [5, 5.41) is 8.69. The monoisotopic (exact) mass is 198 g/mol. The first-order valence-electron chi connectivity index (χ1n) is 3.83. The molecule has 0 aromatic carbocycles. The number of rotatable bonds is 2. The predicted molar refractivity (Wildman–Crippen MR) is 45.2 cm³/mol. The molecule has 0 bridgehead atoms. The zero-order chi connectivity index (χ0) is 10.7. The van der Waals surface area contributed by atoms with Gasteiger partial charge in [0.15, 0.2) is 0 Å². The van der Waals surface area contributed by atoms with Gasteiger partial charge in [-0.05, 0) is 6.92 Å². The van der Waals surface area contributed by atoms with Crippen LogP contribution < -0.4 is 4.74 Å². The van der Waals surface area contributed by atoms with Crippen LogP contribution in [0.4, 0.5) is 8.78 Å². The molecular weight excluding hydrogens is 190 g/mol. The zero-order valence-electron chi connectivity index (χ0n) is 7.71. The molecule has 5 heteroatoms. The minimum atomic E-state index is -2.74. The molecule has 1 heterocycles. The van der Waals surface area contributed by atoms with Gasteiger partial charge in [0.1, 0.15) is 17.5 Å². The van der Waals surface area contributed by atoms with Crippen molar-refractivity contribution in [2.75, 3.05) is 7.11 Å². The zero-order valence-corrected chi connectivity index (χ0v) is 7.71. The number of methoxy groups -OCH3 is 1. The second-order valence-corrected chi connectivity index (χ2v) is 2.62. The number of hydrogen-bond donors (Lipinski definition) is 0. The molecule has 0 amide bonds. The van der Waals surface area contributed by atoms with Crippen molar-refractivity contribution in [2.24, 2.45) is 0 Å². The quantitative estimate of drug-likeness (QED) is 0.731. The molecular formula is C9H8F2N2O. The molecule has 3 nitrogen and oxygen atoms in total. The van der Waals surface area contributed by atoms with Crippen molar-refractivity contribution in [2.45, 2.75) is 13.3 Å². The number of nitrogens with zero attached hydrogens (tertiary/aromatic N) is 2. The van der Waals surface area contributed by atoms with Gasteiger partial charge in [0.2, 0.25) is 0 Å². The molecule has 0 atom stereocenters. The molecule has 0 saturated heterocycles. The van der Waals surface area contributed by atoms with E-state index in [0.717, 1.165) is 0 Å². The average molecular weight is 198 g/mol. The van der Waals surface area contributed by atoms with E-state index in [1.165, 1.54) is 13.3 Å². The highest BCUT2D eigenvalue weighted by molar-refractivity contribution is 5.47. The van der Waals surface area contributed by atoms with E-state index < -0.39 is 12.1 Å². The van der Waals surface area contributed by atoms with Gasteiger partial charge in [-0.15, -0.1) is 0 Å². The van der Waals surface area contributed by atoms with Crippen LogP contribution in [0.3, 0.4) is 0 Å². The lowest BCUT2D eigenvalue weighted by Gasteiger charge is -2.08. The molecule has 0 radical (unpaired) electrons. The summed E-state index contributed by atoms with van der Waals surface area (Å²) in [6, 6.07) is 1.70. The van der Waals surface area contributed by atoms with Gasteiger partial charge >= 0.3 is 0 Å². The van der Waals surface area contributed by atoms with E-state index in [4.69, 9.17) is 10.00 Å². The minimum Gasteiger partial charge on any atom is -0.495 e. The molecule has 0 N–H and O–H groups in total. The molecule has 0 unspecified atom stereocenters. The molecule has 1 aromatic rings. The molecule has 1 rings (SSSR count). The highest BCUT2D eigenvalue weighted by Gasteiger charge is 2.18. The number of ether oxygens (including phenoxy) is 1. The van der Waals surface area contributed by atoms with E-state index in [1.807, 2.05) is 0 Å². The summed E-state index contributed by atoms with van der Waals surface area (Å²) in [4.78, 5) is 3.48. The largest absolute Gasteiger partial charge is 0.495 e. The standard InChI is InChI=1S/C9H8F2N2O/c1-5-6(3-12)8(9(10)11)13-4-7(5)14-2/h4,9H,1-2H3. The van der Waals surface area contributed by atoms with Crippen molar-refractivity contribution in [1.29, 1.82) is 5.26 Å². The van der Waals surface area contributed by atoms with Gasteiger partial charge in [-0.25, -0.2) is 13.8 Å². The number of nitriles is 1. The topological polar surface area (TPSA) is 45.9 Å². The summed E-state index contributed by atoms with van der Waals surface area (Å²) < 4.78 is 29.6. The van der Waals surface area contributed by atoms with Crippen molar-refractivity contribution in [3.05, 3.63) is 23.0 Å². The van der Waals surface area contributed by atoms with Crippen molar-refractivity contribution in [3.8, 4) is 11.8 Å². The van der Waals surface area contributed by atoms with E-state index >= 15 is 0 Å². The van der Waals surface area contributed by atoms with E-state index in [-0.39, 0.29) is 5.56 Å². The van der Waals surface area contributed by atoms with Crippen LogP contribution in [-0.4, -0.2) is 12.1 Å². The Kier molecular flexibility index (Phi) is 2.97. The maximum atomic E-state index is 12.4. The number of pyridine rings is 1. The van der Waals surface area contributed by atoms with E-state index in [9.17, 15) is 8.78 Å². The number of halogens is 2. The third-order valence-electron chi connectivity index (χ3n) is 1.86. The first kappa shape index (κ1) is 10.4. The summed E-state index contributed by atoms with van der Waals surface area (Å²) >= 11 is 0. The molecule has 0 saturated carbocycles. The fourth-order valence-corrected chi connectivity index (χ4v) is 1.12. The summed E-state index contributed by atoms with van der Waals surface area (Å²) in [5.74, 6) is 0.339. The van der Waals surface area contributed by atoms with Crippen LogP contribution in [-0.2, 0) is 0 Å². The van der Waals surface area contributed by atoms with Gasteiger partial charge in [0, 0.05) is 5.56 Å². The predicted octanol–water partition coefficient (Wildman–Crippen LogP) is 2.21. The summed E-state index contributed by atoms with van der Waals surface area (Å²) in [5.41, 5.74) is -0.217. The fraction of sp³-hybridized carbons (Fsp3) is 0.333. The fourth-order valence-electron chi connectivity index (χ4n) is 1.12. The average Bonchev–Trinajstić information content (AvgIpc) is 2.17. The van der Waals surface area contributed by atoms with E-state index in [0.29, 0.717) is 11.3 Å². The molecule has 0 spiro atoms. The van der Waals surface area contributed by atoms with Gasteiger partial charge < -0.3 is 4.74 Å². The lowest BCUT2D eigenvalue weighted by molar-refractivity contribution is 0.145. The Hall–Kier alpha value is -1.70. The van der Waals surface area contributed by atoms with E-state index in [1.54, 1.807) is 13.0 Å². The maximum absolute atomic E-state index is 12.4. The van der Waals surface area contributed by atoms with E-state index in [2.05, 4.69) is 4.98 Å². The smallest absolute Gasteiger partial charge is 0.281 e. The number of aromatic nitrogens is 1. The minimum absolute atomic E-state index is 0.112. The van der Waals surface area contributed by atoms with Gasteiger partial charge in [-0.3, -0.25) is 0 Å². The molecule has 0 aliphatic rings. The lowest BCUT2D eigenvalue weighted by Crippen LogP contribution is -2.00. The van der Waals surface area contributed by atoms with Crippen LogP contribution in [0.25, 0.3) is 0 Å². The first-order chi connectivity index (χ1) is 6.61. The van der Waals surface area contributed by atoms with Crippen molar-refractivity contribution >= 4 is 0 Å². The molecule has 0 fully saturated rings. The Labute approximate surface area is 79.9 Å².